The Morgan fingerprint density at radius 1 is 1.16 bits per heavy atom. The van der Waals surface area contributed by atoms with Crippen LogP contribution in [-0.2, 0) is 14.8 Å². The summed E-state index contributed by atoms with van der Waals surface area (Å²) in [6.07, 6.45) is 0.970. The Kier molecular flexibility index (Phi) is 7.07. The first-order valence-electron chi connectivity index (χ1n) is 9.85. The second-order valence-corrected chi connectivity index (χ2v) is 9.23. The average molecular weight is 466 g/mol. The predicted molar refractivity (Wildman–Crippen MR) is 118 cm³/mol. The zero-order valence-electron chi connectivity index (χ0n) is 17.0. The topological polar surface area (TPSA) is 119 Å². The molecule has 1 heterocycles. The molecule has 0 aromatic heterocycles. The molecule has 0 saturated carbocycles. The lowest BCUT2D eigenvalue weighted by Gasteiger charge is -2.30. The van der Waals surface area contributed by atoms with Gasteiger partial charge in [0.15, 0.2) is 0 Å². The second kappa shape index (κ2) is 9.57. The van der Waals surface area contributed by atoms with E-state index in [0.717, 1.165) is 0 Å². The van der Waals surface area contributed by atoms with Crippen molar-refractivity contribution in [1.82, 2.24) is 4.90 Å². The molecule has 3 N–H and O–H groups in total. The molecular formula is C21H24ClN3O5S. The molecule has 8 nitrogen and oxygen atoms in total. The summed E-state index contributed by atoms with van der Waals surface area (Å²) in [5, 5.41) is 0.00224. The van der Waals surface area contributed by atoms with Crippen molar-refractivity contribution in [3.63, 3.8) is 0 Å². The number of sulfonamides is 1. The van der Waals surface area contributed by atoms with E-state index in [2.05, 4.69) is 4.72 Å². The Morgan fingerprint density at radius 2 is 1.81 bits per heavy atom. The Bertz CT molecular complexity index is 1060. The fourth-order valence-electron chi connectivity index (χ4n) is 3.39. The summed E-state index contributed by atoms with van der Waals surface area (Å²) < 4.78 is 33.6. The van der Waals surface area contributed by atoms with Gasteiger partial charge in [0.25, 0.3) is 15.9 Å². The molecule has 2 aromatic carbocycles. The van der Waals surface area contributed by atoms with Gasteiger partial charge in [0.1, 0.15) is 10.6 Å². The quantitative estimate of drug-likeness (QED) is 0.651. The summed E-state index contributed by atoms with van der Waals surface area (Å²) in [5.41, 5.74) is 5.87. The van der Waals surface area contributed by atoms with Crippen LogP contribution in [0.3, 0.4) is 0 Å². The normalized spacial score (nSPS) is 14.8. The minimum Gasteiger partial charge on any atom is -0.494 e. The first kappa shape index (κ1) is 22.9. The van der Waals surface area contributed by atoms with Crippen molar-refractivity contribution in [2.24, 2.45) is 11.7 Å². The van der Waals surface area contributed by atoms with Crippen LogP contribution in [-0.4, -0.2) is 44.8 Å². The minimum absolute atomic E-state index is 0.00224. The van der Waals surface area contributed by atoms with Gasteiger partial charge in [-0.15, -0.1) is 0 Å². The van der Waals surface area contributed by atoms with Gasteiger partial charge in [0, 0.05) is 30.3 Å². The van der Waals surface area contributed by atoms with E-state index in [1.807, 2.05) is 6.92 Å². The van der Waals surface area contributed by atoms with Gasteiger partial charge in [-0.3, -0.25) is 14.3 Å². The average Bonchev–Trinajstić information content (AvgIpc) is 2.75. The van der Waals surface area contributed by atoms with Gasteiger partial charge in [-0.2, -0.15) is 0 Å². The SMILES string of the molecule is CCOc1ccc(NS(=O)(=O)c2cc(C(=O)N3CCC(C(N)=O)CC3)ccc2Cl)cc1. The van der Waals surface area contributed by atoms with Gasteiger partial charge in [0.2, 0.25) is 5.91 Å². The number of likely N-dealkylation sites (tertiary alicyclic amines) is 1. The van der Waals surface area contributed by atoms with Gasteiger partial charge in [-0.1, -0.05) is 11.6 Å². The third-order valence-electron chi connectivity index (χ3n) is 5.07. The molecule has 0 aliphatic carbocycles. The van der Waals surface area contributed by atoms with E-state index in [0.29, 0.717) is 44.0 Å². The number of hydrogen-bond acceptors (Lipinski definition) is 5. The van der Waals surface area contributed by atoms with Crippen LogP contribution in [0.1, 0.15) is 30.1 Å². The first-order chi connectivity index (χ1) is 14.7. The zero-order valence-corrected chi connectivity index (χ0v) is 18.6. The number of ether oxygens (including phenoxy) is 1. The van der Waals surface area contributed by atoms with Gasteiger partial charge in [-0.05, 0) is 62.2 Å². The van der Waals surface area contributed by atoms with Gasteiger partial charge >= 0.3 is 0 Å². The van der Waals surface area contributed by atoms with Crippen molar-refractivity contribution < 1.29 is 22.7 Å². The van der Waals surface area contributed by atoms with Crippen LogP contribution >= 0.6 is 11.6 Å². The van der Waals surface area contributed by atoms with Gasteiger partial charge < -0.3 is 15.4 Å². The van der Waals surface area contributed by atoms with E-state index in [4.69, 9.17) is 22.1 Å². The monoisotopic (exact) mass is 465 g/mol. The molecule has 1 fully saturated rings. The highest BCUT2D eigenvalue weighted by molar-refractivity contribution is 7.92. The highest BCUT2D eigenvalue weighted by Gasteiger charge is 2.28. The van der Waals surface area contributed by atoms with Crippen LogP contribution < -0.4 is 15.2 Å². The number of piperidine rings is 1. The molecule has 1 saturated heterocycles. The van der Waals surface area contributed by atoms with Crippen LogP contribution in [0.4, 0.5) is 5.69 Å². The molecule has 10 heteroatoms. The molecule has 3 rings (SSSR count). The summed E-state index contributed by atoms with van der Waals surface area (Å²) >= 11 is 6.14. The number of nitrogens with zero attached hydrogens (tertiary/aromatic N) is 1. The van der Waals surface area contributed by atoms with Crippen LogP contribution in [0, 0.1) is 5.92 Å². The van der Waals surface area contributed by atoms with Crippen molar-refractivity contribution in [1.29, 1.82) is 0 Å². The van der Waals surface area contributed by atoms with E-state index < -0.39 is 10.0 Å². The molecule has 1 aliphatic rings. The summed E-state index contributed by atoms with van der Waals surface area (Å²) in [4.78, 5) is 25.6. The molecule has 2 aromatic rings. The highest BCUT2D eigenvalue weighted by Crippen LogP contribution is 2.27. The van der Waals surface area contributed by atoms with Crippen molar-refractivity contribution in [2.75, 3.05) is 24.4 Å². The van der Waals surface area contributed by atoms with E-state index in [-0.39, 0.29) is 33.2 Å². The zero-order chi connectivity index (χ0) is 22.6. The van der Waals surface area contributed by atoms with E-state index in [9.17, 15) is 18.0 Å². The van der Waals surface area contributed by atoms with E-state index in [1.165, 1.54) is 18.2 Å². The molecule has 2 amide bonds. The molecule has 0 unspecified atom stereocenters. The number of carbonyl (C=O) groups is 2. The van der Waals surface area contributed by atoms with Crippen LogP contribution in [0.2, 0.25) is 5.02 Å². The predicted octanol–water partition coefficient (Wildman–Crippen LogP) is 2.88. The number of anilines is 1. The number of primary amides is 1. The summed E-state index contributed by atoms with van der Waals surface area (Å²) in [6, 6.07) is 10.6. The van der Waals surface area contributed by atoms with Crippen LogP contribution in [0.15, 0.2) is 47.4 Å². The Balaban J connectivity index is 1.78. The fraction of sp³-hybridized carbons (Fsp3) is 0.333. The lowest BCUT2D eigenvalue weighted by atomic mass is 9.96. The van der Waals surface area contributed by atoms with Crippen molar-refractivity contribution in [2.45, 2.75) is 24.7 Å². The number of halogens is 1. The third kappa shape index (κ3) is 5.48. The molecule has 0 spiro atoms. The number of nitrogens with one attached hydrogen (secondary N) is 1. The number of rotatable bonds is 7. The number of carbonyl (C=O) groups excluding carboxylic acids is 2. The molecule has 31 heavy (non-hydrogen) atoms. The Morgan fingerprint density at radius 3 is 2.39 bits per heavy atom. The standard InChI is InChI=1S/C21H24ClN3O5S/c1-2-30-17-6-4-16(5-7-17)24-31(28,29)19-13-15(3-8-18(19)22)21(27)25-11-9-14(10-12-25)20(23)26/h3-8,13-14,24H,2,9-12H2,1H3,(H2,23,26). The number of hydrogen-bond donors (Lipinski definition) is 2. The molecule has 1 aliphatic heterocycles. The fourth-order valence-corrected chi connectivity index (χ4v) is 4.97. The maximum Gasteiger partial charge on any atom is 0.263 e. The number of amides is 2. The Labute approximate surface area is 186 Å². The van der Waals surface area contributed by atoms with Crippen molar-refractivity contribution >= 4 is 39.1 Å². The lowest BCUT2D eigenvalue weighted by molar-refractivity contribution is -0.123. The van der Waals surface area contributed by atoms with Crippen LogP contribution in [0.25, 0.3) is 0 Å². The van der Waals surface area contributed by atoms with E-state index >= 15 is 0 Å². The molecule has 0 atom stereocenters. The molecular weight excluding hydrogens is 442 g/mol. The van der Waals surface area contributed by atoms with Crippen molar-refractivity contribution in [3.05, 3.63) is 53.1 Å². The number of nitrogens with two attached hydrogens (primary N) is 1. The molecule has 0 bridgehead atoms. The Hall–Kier alpha value is -2.78. The molecule has 0 radical (unpaired) electrons. The lowest BCUT2D eigenvalue weighted by Crippen LogP contribution is -2.41. The van der Waals surface area contributed by atoms with Gasteiger partial charge in [0.05, 0.1) is 11.6 Å². The summed E-state index contributed by atoms with van der Waals surface area (Å²) in [5.74, 6) is -0.316. The first-order valence-corrected chi connectivity index (χ1v) is 11.7. The maximum absolute atomic E-state index is 12.9. The second-order valence-electron chi connectivity index (χ2n) is 7.18. The summed E-state index contributed by atoms with van der Waals surface area (Å²) in [7, 11) is -4.03. The van der Waals surface area contributed by atoms with Crippen LogP contribution in [0.5, 0.6) is 5.75 Å². The number of benzene rings is 2. The highest BCUT2D eigenvalue weighted by atomic mass is 35.5. The largest absolute Gasteiger partial charge is 0.494 e. The maximum atomic E-state index is 12.9. The smallest absolute Gasteiger partial charge is 0.263 e. The molecule has 166 valence electrons. The third-order valence-corrected chi connectivity index (χ3v) is 6.93. The minimum atomic E-state index is -4.03. The summed E-state index contributed by atoms with van der Waals surface area (Å²) in [6.45, 7) is 3.11. The van der Waals surface area contributed by atoms with Crippen molar-refractivity contribution in [3.8, 4) is 5.75 Å². The van der Waals surface area contributed by atoms with E-state index in [1.54, 1.807) is 29.2 Å². The van der Waals surface area contributed by atoms with Gasteiger partial charge in [-0.25, -0.2) is 8.42 Å².